The predicted molar refractivity (Wildman–Crippen MR) is 107 cm³/mol. The van der Waals surface area contributed by atoms with Gasteiger partial charge in [0, 0.05) is 13.0 Å². The molecule has 1 amide bonds. The van der Waals surface area contributed by atoms with Gasteiger partial charge in [-0.1, -0.05) is 6.07 Å². The highest BCUT2D eigenvalue weighted by Gasteiger charge is 2.28. The SMILES string of the molecule is CCOC(=O)CCCN(C(=O)OC(C)(C)C)c1c(C)cc(C)cc1C(=O)OC. The van der Waals surface area contributed by atoms with Crippen molar-refractivity contribution in [3.63, 3.8) is 0 Å². The quantitative estimate of drug-likeness (QED) is 0.511. The first-order valence-electron chi connectivity index (χ1n) is 9.35. The van der Waals surface area contributed by atoms with E-state index in [4.69, 9.17) is 14.2 Å². The summed E-state index contributed by atoms with van der Waals surface area (Å²) >= 11 is 0. The maximum Gasteiger partial charge on any atom is 0.414 e. The second kappa shape index (κ2) is 10.1. The van der Waals surface area contributed by atoms with Gasteiger partial charge in [0.25, 0.3) is 0 Å². The summed E-state index contributed by atoms with van der Waals surface area (Å²) in [5.74, 6) is -0.874. The third-order valence-corrected chi connectivity index (χ3v) is 3.80. The maximum atomic E-state index is 12.9. The van der Waals surface area contributed by atoms with Gasteiger partial charge in [0.15, 0.2) is 0 Å². The van der Waals surface area contributed by atoms with Gasteiger partial charge in [0.2, 0.25) is 0 Å². The van der Waals surface area contributed by atoms with Crippen molar-refractivity contribution in [1.82, 2.24) is 0 Å². The number of anilines is 1. The minimum Gasteiger partial charge on any atom is -0.466 e. The molecular formula is C21H31NO6. The summed E-state index contributed by atoms with van der Waals surface area (Å²) in [6.07, 6.45) is -0.0640. The number of ether oxygens (including phenoxy) is 3. The summed E-state index contributed by atoms with van der Waals surface area (Å²) in [4.78, 5) is 38.3. The summed E-state index contributed by atoms with van der Waals surface area (Å²) in [6.45, 7) is 11.2. The van der Waals surface area contributed by atoms with Gasteiger partial charge in [-0.05, 0) is 65.2 Å². The van der Waals surface area contributed by atoms with Gasteiger partial charge < -0.3 is 14.2 Å². The largest absolute Gasteiger partial charge is 0.466 e. The van der Waals surface area contributed by atoms with Crippen LogP contribution in [0.1, 0.15) is 62.0 Å². The van der Waals surface area contributed by atoms with Crippen LogP contribution in [0, 0.1) is 13.8 Å². The van der Waals surface area contributed by atoms with Crippen LogP contribution >= 0.6 is 0 Å². The highest BCUT2D eigenvalue weighted by atomic mass is 16.6. The molecule has 156 valence electrons. The van der Waals surface area contributed by atoms with Crippen molar-refractivity contribution >= 4 is 23.7 Å². The lowest BCUT2D eigenvalue weighted by atomic mass is 10.0. The fourth-order valence-corrected chi connectivity index (χ4v) is 2.81. The Morgan fingerprint density at radius 3 is 2.29 bits per heavy atom. The number of rotatable bonds is 7. The van der Waals surface area contributed by atoms with Crippen molar-refractivity contribution in [1.29, 1.82) is 0 Å². The number of amides is 1. The molecule has 7 heteroatoms. The maximum absolute atomic E-state index is 12.9. The minimum absolute atomic E-state index is 0.158. The molecule has 0 N–H and O–H groups in total. The Morgan fingerprint density at radius 2 is 1.75 bits per heavy atom. The lowest BCUT2D eigenvalue weighted by Crippen LogP contribution is -2.39. The molecule has 0 bridgehead atoms. The number of hydrogen-bond donors (Lipinski definition) is 0. The fraction of sp³-hybridized carbons (Fsp3) is 0.571. The van der Waals surface area contributed by atoms with E-state index in [1.165, 1.54) is 12.0 Å². The molecule has 7 nitrogen and oxygen atoms in total. The fourth-order valence-electron chi connectivity index (χ4n) is 2.81. The van der Waals surface area contributed by atoms with Gasteiger partial charge in [-0.25, -0.2) is 9.59 Å². The average Bonchev–Trinajstić information content (AvgIpc) is 2.57. The Labute approximate surface area is 166 Å². The molecule has 1 aromatic rings. The molecular weight excluding hydrogens is 362 g/mol. The summed E-state index contributed by atoms with van der Waals surface area (Å²) < 4.78 is 15.4. The minimum atomic E-state index is -0.708. The number of benzene rings is 1. The zero-order valence-corrected chi connectivity index (χ0v) is 17.9. The number of carbonyl (C=O) groups is 3. The lowest BCUT2D eigenvalue weighted by Gasteiger charge is -2.29. The van der Waals surface area contributed by atoms with Gasteiger partial charge in [0.05, 0.1) is 25.0 Å². The topological polar surface area (TPSA) is 82.1 Å². The second-order valence-corrected chi connectivity index (χ2v) is 7.51. The first-order chi connectivity index (χ1) is 13.0. The van der Waals surface area contributed by atoms with E-state index >= 15 is 0 Å². The van der Waals surface area contributed by atoms with Crippen molar-refractivity contribution < 1.29 is 28.6 Å². The van der Waals surface area contributed by atoms with Crippen molar-refractivity contribution in [3.8, 4) is 0 Å². The van der Waals surface area contributed by atoms with Crippen LogP contribution in [0.15, 0.2) is 12.1 Å². The van der Waals surface area contributed by atoms with Crippen LogP contribution in [-0.2, 0) is 19.0 Å². The van der Waals surface area contributed by atoms with Crippen molar-refractivity contribution in [3.05, 3.63) is 28.8 Å². The molecule has 0 aliphatic heterocycles. The number of methoxy groups -OCH3 is 1. The number of nitrogens with zero attached hydrogens (tertiary/aromatic N) is 1. The monoisotopic (exact) mass is 393 g/mol. The second-order valence-electron chi connectivity index (χ2n) is 7.51. The molecule has 0 heterocycles. The highest BCUT2D eigenvalue weighted by molar-refractivity contribution is 6.02. The van der Waals surface area contributed by atoms with Gasteiger partial charge >= 0.3 is 18.0 Å². The third-order valence-electron chi connectivity index (χ3n) is 3.80. The molecule has 0 atom stereocenters. The van der Waals surface area contributed by atoms with E-state index in [0.717, 1.165) is 11.1 Å². The van der Waals surface area contributed by atoms with E-state index in [9.17, 15) is 14.4 Å². The molecule has 0 spiro atoms. The zero-order valence-electron chi connectivity index (χ0n) is 17.9. The molecule has 0 saturated heterocycles. The van der Waals surface area contributed by atoms with E-state index in [2.05, 4.69) is 0 Å². The van der Waals surface area contributed by atoms with Crippen LogP contribution in [-0.4, -0.2) is 43.9 Å². The van der Waals surface area contributed by atoms with Crippen molar-refractivity contribution in [2.45, 2.75) is 60.0 Å². The molecule has 1 aromatic carbocycles. The number of carbonyl (C=O) groups excluding carboxylic acids is 3. The number of aryl methyl sites for hydroxylation is 2. The lowest BCUT2D eigenvalue weighted by molar-refractivity contribution is -0.143. The van der Waals surface area contributed by atoms with E-state index in [-0.39, 0.29) is 24.5 Å². The standard InChI is InChI=1S/C21H31NO6/c1-8-27-17(23)10-9-11-22(20(25)28-21(4,5)6)18-15(3)12-14(2)13-16(18)19(24)26-7/h12-13H,8-11H2,1-7H3. The molecule has 1 rings (SSSR count). The molecule has 0 aliphatic carbocycles. The normalized spacial score (nSPS) is 11.0. The Bertz CT molecular complexity index is 720. The van der Waals surface area contributed by atoms with Crippen molar-refractivity contribution in [2.75, 3.05) is 25.2 Å². The zero-order chi connectivity index (χ0) is 21.5. The molecule has 0 fully saturated rings. The summed E-state index contributed by atoms with van der Waals surface area (Å²) in [5.41, 5.74) is 1.61. The first-order valence-corrected chi connectivity index (χ1v) is 9.35. The average molecular weight is 393 g/mol. The van der Waals surface area contributed by atoms with Crippen LogP contribution in [0.4, 0.5) is 10.5 Å². The first kappa shape index (κ1) is 23.5. The summed E-state index contributed by atoms with van der Waals surface area (Å²) in [5, 5.41) is 0. The van der Waals surface area contributed by atoms with Crippen molar-refractivity contribution in [2.24, 2.45) is 0 Å². The van der Waals surface area contributed by atoms with Crippen LogP contribution in [0.5, 0.6) is 0 Å². The third kappa shape index (κ3) is 6.87. The molecule has 0 unspecified atom stereocenters. The number of hydrogen-bond acceptors (Lipinski definition) is 6. The van der Waals surface area contributed by atoms with Gasteiger partial charge in [0.1, 0.15) is 5.60 Å². The molecule has 0 saturated carbocycles. The van der Waals surface area contributed by atoms with Crippen LogP contribution in [0.2, 0.25) is 0 Å². The summed E-state index contributed by atoms with van der Waals surface area (Å²) in [7, 11) is 1.29. The molecule has 0 aliphatic rings. The predicted octanol–water partition coefficient (Wildman–Crippen LogP) is 4.17. The highest BCUT2D eigenvalue weighted by Crippen LogP contribution is 2.29. The smallest absolute Gasteiger partial charge is 0.414 e. The molecule has 0 aromatic heterocycles. The Balaban J connectivity index is 3.29. The van der Waals surface area contributed by atoms with Gasteiger partial charge in [-0.3, -0.25) is 9.69 Å². The van der Waals surface area contributed by atoms with E-state index in [1.54, 1.807) is 33.8 Å². The van der Waals surface area contributed by atoms with Gasteiger partial charge in [-0.15, -0.1) is 0 Å². The Morgan fingerprint density at radius 1 is 1.11 bits per heavy atom. The molecule has 0 radical (unpaired) electrons. The van der Waals surface area contributed by atoms with E-state index in [0.29, 0.717) is 18.7 Å². The van der Waals surface area contributed by atoms with Crippen LogP contribution in [0.3, 0.4) is 0 Å². The Kier molecular flexibility index (Phi) is 8.47. The van der Waals surface area contributed by atoms with E-state index < -0.39 is 17.7 Å². The Hall–Kier alpha value is -2.57. The van der Waals surface area contributed by atoms with Gasteiger partial charge in [-0.2, -0.15) is 0 Å². The van der Waals surface area contributed by atoms with Crippen LogP contribution in [0.25, 0.3) is 0 Å². The van der Waals surface area contributed by atoms with E-state index in [1.807, 2.05) is 19.9 Å². The van der Waals surface area contributed by atoms with Crippen LogP contribution < -0.4 is 4.90 Å². The molecule has 28 heavy (non-hydrogen) atoms. The number of esters is 2. The summed E-state index contributed by atoms with van der Waals surface area (Å²) in [6, 6.07) is 3.56.